The Hall–Kier alpha value is -2.95. The van der Waals surface area contributed by atoms with Crippen LogP contribution < -0.4 is 15.8 Å². The Morgan fingerprint density at radius 2 is 2.21 bits per heavy atom. The van der Waals surface area contributed by atoms with Gasteiger partial charge in [0.1, 0.15) is 12.0 Å². The number of ether oxygens (including phenoxy) is 1. The molecule has 4 atom stereocenters. The van der Waals surface area contributed by atoms with E-state index in [0.29, 0.717) is 5.56 Å². The Bertz CT molecular complexity index is 1080. The van der Waals surface area contributed by atoms with Gasteiger partial charge in [0.25, 0.3) is 5.56 Å². The van der Waals surface area contributed by atoms with Crippen LogP contribution >= 0.6 is 7.82 Å². The van der Waals surface area contributed by atoms with Crippen LogP contribution in [0.5, 0.6) is 5.75 Å². The van der Waals surface area contributed by atoms with Gasteiger partial charge in [-0.15, -0.1) is 0 Å². The number of aromatic amines is 1. The summed E-state index contributed by atoms with van der Waals surface area (Å²) in [7, 11) is -4.49. The highest BCUT2D eigenvalue weighted by atomic mass is 31.2. The van der Waals surface area contributed by atoms with Crippen LogP contribution in [0.25, 0.3) is 10.4 Å². The molecule has 154 valence electrons. The number of phosphoric ester groups is 1. The van der Waals surface area contributed by atoms with E-state index < -0.39 is 44.1 Å². The van der Waals surface area contributed by atoms with Gasteiger partial charge in [0, 0.05) is 35.5 Å². The minimum Gasteiger partial charge on any atom is -0.404 e. The molecule has 2 aromatic heterocycles. The average Bonchev–Trinajstić information content (AvgIpc) is 3.06. The Morgan fingerprint density at radius 3 is 2.90 bits per heavy atom. The molecule has 1 fully saturated rings. The molecule has 1 aliphatic heterocycles. The first-order valence-corrected chi connectivity index (χ1v) is 9.87. The fraction of sp³-hybridized carbons (Fsp3) is 0.400. The number of hydrogen-bond acceptors (Lipinski definition) is 8. The van der Waals surface area contributed by atoms with E-state index in [9.17, 15) is 19.0 Å². The third-order valence-corrected chi connectivity index (χ3v) is 5.05. The summed E-state index contributed by atoms with van der Waals surface area (Å²) in [6.07, 6.45) is 2.40. The summed E-state index contributed by atoms with van der Waals surface area (Å²) in [6.45, 7) is 1.09. The van der Waals surface area contributed by atoms with Crippen molar-refractivity contribution in [2.75, 3.05) is 6.61 Å². The van der Waals surface area contributed by atoms with Gasteiger partial charge in [-0.2, -0.15) is 0 Å². The van der Waals surface area contributed by atoms with Gasteiger partial charge in [-0.1, -0.05) is 5.11 Å². The van der Waals surface area contributed by atoms with Gasteiger partial charge < -0.3 is 9.26 Å². The lowest BCUT2D eigenvalue weighted by Crippen LogP contribution is -2.33. The van der Waals surface area contributed by atoms with E-state index in [4.69, 9.17) is 19.3 Å². The molecule has 0 aliphatic carbocycles. The number of H-pyrrole nitrogens is 1. The van der Waals surface area contributed by atoms with E-state index in [-0.39, 0.29) is 12.2 Å². The number of aryl methyl sites for hydroxylation is 1. The first-order chi connectivity index (χ1) is 13.8. The van der Waals surface area contributed by atoms with E-state index in [1.165, 1.54) is 37.6 Å². The van der Waals surface area contributed by atoms with Crippen molar-refractivity contribution in [1.29, 1.82) is 0 Å². The van der Waals surface area contributed by atoms with Gasteiger partial charge in [0.15, 0.2) is 0 Å². The number of nitrogens with one attached hydrogen (secondary N) is 1. The second kappa shape index (κ2) is 8.60. The molecule has 29 heavy (non-hydrogen) atoms. The fourth-order valence-corrected chi connectivity index (χ4v) is 3.53. The highest BCUT2D eigenvalue weighted by molar-refractivity contribution is 7.47. The maximum Gasteiger partial charge on any atom is 0.527 e. The molecule has 2 aromatic rings. The van der Waals surface area contributed by atoms with Crippen molar-refractivity contribution in [3.63, 3.8) is 0 Å². The first-order valence-electron chi connectivity index (χ1n) is 8.38. The van der Waals surface area contributed by atoms with Crippen LogP contribution in [0, 0.1) is 6.92 Å². The molecule has 3 heterocycles. The third kappa shape index (κ3) is 5.11. The molecular weight excluding hydrogens is 407 g/mol. The van der Waals surface area contributed by atoms with Gasteiger partial charge in [0.2, 0.25) is 0 Å². The Kier molecular flexibility index (Phi) is 6.16. The molecule has 0 saturated carbocycles. The van der Waals surface area contributed by atoms with Crippen LogP contribution in [0.4, 0.5) is 0 Å². The first kappa shape index (κ1) is 20.8. The highest BCUT2D eigenvalue weighted by Gasteiger charge is 2.38. The molecule has 0 spiro atoms. The quantitative estimate of drug-likeness (QED) is 0.289. The molecule has 14 heteroatoms. The van der Waals surface area contributed by atoms with Crippen LogP contribution in [0.1, 0.15) is 18.2 Å². The zero-order chi connectivity index (χ0) is 21.0. The minimum absolute atomic E-state index is 0.0814. The van der Waals surface area contributed by atoms with Gasteiger partial charge in [-0.05, 0) is 24.6 Å². The molecule has 0 aromatic carbocycles. The lowest BCUT2D eigenvalue weighted by atomic mass is 10.1. The van der Waals surface area contributed by atoms with E-state index in [1.54, 1.807) is 0 Å². The molecule has 0 bridgehead atoms. The van der Waals surface area contributed by atoms with Gasteiger partial charge in [-0.25, -0.2) is 9.36 Å². The molecular formula is C15H17N6O7P. The van der Waals surface area contributed by atoms with Crippen molar-refractivity contribution < 1.29 is 23.2 Å². The van der Waals surface area contributed by atoms with Crippen molar-refractivity contribution in [2.24, 2.45) is 5.11 Å². The van der Waals surface area contributed by atoms with Crippen molar-refractivity contribution in [2.45, 2.75) is 31.7 Å². The molecule has 1 aliphatic rings. The van der Waals surface area contributed by atoms with Crippen molar-refractivity contribution >= 4 is 7.82 Å². The molecule has 1 saturated heterocycles. The molecule has 0 amide bonds. The normalized spacial score (nSPS) is 23.2. The number of rotatable bonds is 7. The van der Waals surface area contributed by atoms with Crippen molar-refractivity contribution in [3.05, 3.63) is 67.6 Å². The summed E-state index contributed by atoms with van der Waals surface area (Å²) in [4.78, 5) is 42.1. The molecule has 1 unspecified atom stereocenters. The molecule has 2 N–H and O–H groups in total. The Morgan fingerprint density at radius 1 is 1.48 bits per heavy atom. The Balaban J connectivity index is 1.72. The van der Waals surface area contributed by atoms with E-state index in [0.717, 1.165) is 4.57 Å². The van der Waals surface area contributed by atoms with E-state index >= 15 is 0 Å². The lowest BCUT2D eigenvalue weighted by molar-refractivity contribution is -0.0264. The smallest absolute Gasteiger partial charge is 0.404 e. The standard InChI is InChI=1S/C15H17N6O7P/c1-9-7-21(15(23)18-14(9)22)13-6-11(19-20-16)12(27-13)8-26-29(24,25)28-10-2-4-17-5-3-10/h2-5,7,11-13H,6,8H2,1H3,(H,24,25)(H,18,22,23)/t11-,12+,13+/m0/s1. The summed E-state index contributed by atoms with van der Waals surface area (Å²) in [5.41, 5.74) is 7.84. The van der Waals surface area contributed by atoms with Crippen LogP contribution in [0.2, 0.25) is 0 Å². The largest absolute Gasteiger partial charge is 0.527 e. The summed E-state index contributed by atoms with van der Waals surface area (Å²) < 4.78 is 28.8. The van der Waals surface area contributed by atoms with Crippen molar-refractivity contribution in [1.82, 2.24) is 14.5 Å². The van der Waals surface area contributed by atoms with Gasteiger partial charge >= 0.3 is 13.5 Å². The predicted molar refractivity (Wildman–Crippen MR) is 98.2 cm³/mol. The second-order valence-electron chi connectivity index (χ2n) is 6.15. The number of hydrogen-bond donors (Lipinski definition) is 2. The van der Waals surface area contributed by atoms with E-state index in [2.05, 4.69) is 20.0 Å². The second-order valence-corrected chi connectivity index (χ2v) is 7.53. The Labute approximate surface area is 163 Å². The zero-order valence-corrected chi connectivity index (χ0v) is 16.0. The highest BCUT2D eigenvalue weighted by Crippen LogP contribution is 2.44. The lowest BCUT2D eigenvalue weighted by Gasteiger charge is -2.18. The average molecular weight is 424 g/mol. The van der Waals surface area contributed by atoms with E-state index in [1.807, 2.05) is 0 Å². The number of pyridine rings is 1. The number of phosphoric acid groups is 1. The summed E-state index contributed by atoms with van der Waals surface area (Å²) in [5, 5.41) is 3.60. The number of azide groups is 1. The summed E-state index contributed by atoms with van der Waals surface area (Å²) in [6, 6.07) is 1.98. The molecule has 13 nitrogen and oxygen atoms in total. The SMILES string of the molecule is Cc1cn([C@H]2C[C@H](N=[N+]=[N-])[C@@H](COP(=O)(O)Oc3ccncc3)O2)c(=O)[nH]c1=O. The predicted octanol–water partition coefficient (Wildman–Crippen LogP) is 1.40. The number of nitrogens with zero attached hydrogens (tertiary/aromatic N) is 5. The van der Waals surface area contributed by atoms with Crippen LogP contribution in [0.3, 0.4) is 0 Å². The zero-order valence-electron chi connectivity index (χ0n) is 15.1. The van der Waals surface area contributed by atoms with Gasteiger partial charge in [-0.3, -0.25) is 28.7 Å². The maximum absolute atomic E-state index is 12.1. The molecule has 0 radical (unpaired) electrons. The summed E-state index contributed by atoms with van der Waals surface area (Å²) >= 11 is 0. The van der Waals surface area contributed by atoms with Crippen LogP contribution in [-0.4, -0.2) is 38.2 Å². The van der Waals surface area contributed by atoms with Crippen molar-refractivity contribution in [3.8, 4) is 5.75 Å². The minimum atomic E-state index is -4.49. The topological polar surface area (TPSA) is 182 Å². The van der Waals surface area contributed by atoms with Gasteiger partial charge in [0.05, 0.1) is 18.8 Å². The van der Waals surface area contributed by atoms with Crippen LogP contribution in [-0.2, 0) is 13.8 Å². The van der Waals surface area contributed by atoms with Crippen LogP contribution in [0.15, 0.2) is 45.4 Å². The summed E-state index contributed by atoms with van der Waals surface area (Å²) in [5.74, 6) is 0.0814. The monoisotopic (exact) mass is 424 g/mol. The third-order valence-electron chi connectivity index (χ3n) is 4.13. The molecule has 3 rings (SSSR count). The fourth-order valence-electron chi connectivity index (χ4n) is 2.75. The maximum atomic E-state index is 12.1. The number of aromatic nitrogens is 3.